The molecule has 0 saturated carbocycles. The molecular formula is C22H23ClFN3O2. The van der Waals surface area contributed by atoms with Gasteiger partial charge >= 0.3 is 5.97 Å². The molecule has 1 aliphatic rings. The number of hydrogen-bond acceptors (Lipinski definition) is 3. The Bertz CT molecular complexity index is 1100. The third kappa shape index (κ3) is 3.30. The number of carbonyl (C=O) groups is 1. The molecular weight excluding hydrogens is 393 g/mol. The molecule has 7 heteroatoms. The topological polar surface area (TPSA) is 69.2 Å². The number of rotatable bonds is 4. The van der Waals surface area contributed by atoms with E-state index in [4.69, 9.17) is 11.6 Å². The van der Waals surface area contributed by atoms with E-state index in [-0.39, 0.29) is 11.2 Å². The van der Waals surface area contributed by atoms with Gasteiger partial charge in [-0.3, -0.25) is 9.69 Å². The predicted molar refractivity (Wildman–Crippen MR) is 111 cm³/mol. The lowest BCUT2D eigenvalue weighted by Gasteiger charge is -2.42. The van der Waals surface area contributed by atoms with Crippen molar-refractivity contribution in [3.8, 4) is 0 Å². The SMILES string of the molecule is Cc1c(Cl)ncc(F)c1[C@@H]1c2[nH]c3ccccc3c2C[C@@H](C)N1CC(C)C(=O)O. The highest BCUT2D eigenvalue weighted by Gasteiger charge is 2.39. The number of aliphatic carboxylic acids is 1. The molecule has 0 amide bonds. The van der Waals surface area contributed by atoms with Gasteiger partial charge in [-0.05, 0) is 37.5 Å². The van der Waals surface area contributed by atoms with Crippen molar-refractivity contribution in [2.75, 3.05) is 6.54 Å². The first-order chi connectivity index (χ1) is 13.8. The lowest BCUT2D eigenvalue weighted by molar-refractivity contribution is -0.142. The Kier molecular flexibility index (Phi) is 5.09. The zero-order valence-corrected chi connectivity index (χ0v) is 17.3. The summed E-state index contributed by atoms with van der Waals surface area (Å²) >= 11 is 6.25. The number of H-pyrrole nitrogens is 1. The Balaban J connectivity index is 1.96. The van der Waals surface area contributed by atoms with Crippen LogP contribution in [0.1, 0.15) is 42.3 Å². The number of para-hydroxylation sites is 1. The Hall–Kier alpha value is -2.44. The van der Waals surface area contributed by atoms with Gasteiger partial charge in [-0.2, -0.15) is 0 Å². The van der Waals surface area contributed by atoms with Gasteiger partial charge in [-0.15, -0.1) is 0 Å². The van der Waals surface area contributed by atoms with Gasteiger partial charge in [0.15, 0.2) is 0 Å². The molecule has 0 aliphatic carbocycles. The summed E-state index contributed by atoms with van der Waals surface area (Å²) < 4.78 is 15.1. The van der Waals surface area contributed by atoms with E-state index in [1.807, 2.05) is 18.2 Å². The van der Waals surface area contributed by atoms with Crippen LogP contribution in [0, 0.1) is 18.7 Å². The normalized spacial score (nSPS) is 20.6. The summed E-state index contributed by atoms with van der Waals surface area (Å²) in [6.45, 7) is 5.79. The lowest BCUT2D eigenvalue weighted by Crippen LogP contribution is -2.46. The van der Waals surface area contributed by atoms with Crippen LogP contribution in [-0.2, 0) is 11.2 Å². The number of halogens is 2. The number of aromatic amines is 1. The summed E-state index contributed by atoms with van der Waals surface area (Å²) in [6.07, 6.45) is 1.90. The maximum atomic E-state index is 15.1. The van der Waals surface area contributed by atoms with Gasteiger partial charge in [0.1, 0.15) is 11.0 Å². The third-order valence-electron chi connectivity index (χ3n) is 5.96. The van der Waals surface area contributed by atoms with Crippen LogP contribution in [0.4, 0.5) is 4.39 Å². The van der Waals surface area contributed by atoms with E-state index >= 15 is 4.39 Å². The van der Waals surface area contributed by atoms with Crippen LogP contribution in [0.5, 0.6) is 0 Å². The third-order valence-corrected chi connectivity index (χ3v) is 6.34. The average molecular weight is 416 g/mol. The Morgan fingerprint density at radius 1 is 1.45 bits per heavy atom. The highest BCUT2D eigenvalue weighted by Crippen LogP contribution is 2.43. The molecule has 0 fully saturated rings. The van der Waals surface area contributed by atoms with Crippen LogP contribution in [0.15, 0.2) is 30.5 Å². The number of carboxylic acids is 1. The molecule has 4 rings (SSSR count). The van der Waals surface area contributed by atoms with Crippen LogP contribution in [0.2, 0.25) is 5.15 Å². The molecule has 5 nitrogen and oxygen atoms in total. The Labute approximate surface area is 173 Å². The summed E-state index contributed by atoms with van der Waals surface area (Å²) in [5, 5.41) is 10.8. The van der Waals surface area contributed by atoms with Crippen molar-refractivity contribution in [3.63, 3.8) is 0 Å². The van der Waals surface area contributed by atoms with Crippen LogP contribution >= 0.6 is 11.6 Å². The fourth-order valence-electron chi connectivity index (χ4n) is 4.40. The van der Waals surface area contributed by atoms with Gasteiger partial charge in [0.05, 0.1) is 18.2 Å². The zero-order chi connectivity index (χ0) is 20.9. The van der Waals surface area contributed by atoms with Gasteiger partial charge in [-0.25, -0.2) is 9.37 Å². The number of hydrogen-bond donors (Lipinski definition) is 2. The first-order valence-corrected chi connectivity index (χ1v) is 10.1. The van der Waals surface area contributed by atoms with Crippen LogP contribution in [0.25, 0.3) is 10.9 Å². The number of nitrogens with zero attached hydrogens (tertiary/aromatic N) is 2. The molecule has 0 radical (unpaired) electrons. The summed E-state index contributed by atoms with van der Waals surface area (Å²) in [7, 11) is 0. The fourth-order valence-corrected chi connectivity index (χ4v) is 4.55. The van der Waals surface area contributed by atoms with Crippen LogP contribution in [-0.4, -0.2) is 38.5 Å². The van der Waals surface area contributed by atoms with Gasteiger partial charge in [0.2, 0.25) is 0 Å². The maximum absolute atomic E-state index is 15.1. The maximum Gasteiger partial charge on any atom is 0.307 e. The average Bonchev–Trinajstić information content (AvgIpc) is 3.05. The number of carboxylic acid groups (broad SMARTS) is 1. The lowest BCUT2D eigenvalue weighted by atomic mass is 9.86. The molecule has 3 atom stereocenters. The van der Waals surface area contributed by atoms with Gasteiger partial charge < -0.3 is 10.1 Å². The van der Waals surface area contributed by atoms with Crippen molar-refractivity contribution in [2.45, 2.75) is 39.3 Å². The molecule has 1 unspecified atom stereocenters. The minimum absolute atomic E-state index is 0.0271. The molecule has 3 aromatic rings. The van der Waals surface area contributed by atoms with Gasteiger partial charge in [0.25, 0.3) is 0 Å². The molecule has 0 bridgehead atoms. The summed E-state index contributed by atoms with van der Waals surface area (Å²) in [5.74, 6) is -1.90. The first kappa shape index (κ1) is 19.9. The Morgan fingerprint density at radius 3 is 2.90 bits per heavy atom. The molecule has 29 heavy (non-hydrogen) atoms. The van der Waals surface area contributed by atoms with Crippen molar-refractivity contribution in [3.05, 3.63) is 63.8 Å². The van der Waals surface area contributed by atoms with E-state index in [1.54, 1.807) is 13.8 Å². The molecule has 0 spiro atoms. The first-order valence-electron chi connectivity index (χ1n) is 9.68. The quantitative estimate of drug-likeness (QED) is 0.605. The highest BCUT2D eigenvalue weighted by molar-refractivity contribution is 6.30. The van der Waals surface area contributed by atoms with Crippen molar-refractivity contribution < 1.29 is 14.3 Å². The molecule has 2 N–H and O–H groups in total. The minimum Gasteiger partial charge on any atom is -0.481 e. The van der Waals surface area contributed by atoms with Crippen molar-refractivity contribution in [2.24, 2.45) is 5.92 Å². The van der Waals surface area contributed by atoms with Gasteiger partial charge in [0, 0.05) is 34.7 Å². The van der Waals surface area contributed by atoms with E-state index in [9.17, 15) is 9.90 Å². The smallest absolute Gasteiger partial charge is 0.307 e. The van der Waals surface area contributed by atoms with E-state index in [2.05, 4.69) is 27.9 Å². The number of benzene rings is 1. The number of fused-ring (bicyclic) bond motifs is 3. The molecule has 1 aromatic carbocycles. The number of pyridine rings is 1. The fraction of sp³-hybridized carbons (Fsp3) is 0.364. The number of aromatic nitrogens is 2. The zero-order valence-electron chi connectivity index (χ0n) is 16.5. The molecule has 1 aliphatic heterocycles. The second kappa shape index (κ2) is 7.43. The van der Waals surface area contributed by atoms with Crippen LogP contribution < -0.4 is 0 Å². The van der Waals surface area contributed by atoms with E-state index in [0.29, 0.717) is 17.7 Å². The second-order valence-electron chi connectivity index (χ2n) is 7.89. The highest BCUT2D eigenvalue weighted by atomic mass is 35.5. The van der Waals surface area contributed by atoms with E-state index in [1.165, 1.54) is 0 Å². The molecule has 3 heterocycles. The van der Waals surface area contributed by atoms with Crippen molar-refractivity contribution >= 4 is 28.5 Å². The summed E-state index contributed by atoms with van der Waals surface area (Å²) in [4.78, 5) is 21.0. The number of nitrogens with one attached hydrogen (secondary N) is 1. The molecule has 2 aromatic heterocycles. The summed E-state index contributed by atoms with van der Waals surface area (Å²) in [6, 6.07) is 7.57. The van der Waals surface area contributed by atoms with Crippen molar-refractivity contribution in [1.29, 1.82) is 0 Å². The molecule has 0 saturated heterocycles. The summed E-state index contributed by atoms with van der Waals surface area (Å²) in [5.41, 5.74) is 4.04. The van der Waals surface area contributed by atoms with E-state index in [0.717, 1.165) is 34.8 Å². The minimum atomic E-state index is -0.872. The second-order valence-corrected chi connectivity index (χ2v) is 8.25. The van der Waals surface area contributed by atoms with Crippen LogP contribution in [0.3, 0.4) is 0 Å². The standard InChI is InChI=1S/C22H23ClFN3O2/c1-11(22(28)29)10-27-12(2)8-15-14-6-4-5-7-17(14)26-19(15)20(27)18-13(3)21(23)25-9-16(18)24/h4-7,9,11-12,20,26H,8,10H2,1-3H3,(H,28,29)/t11?,12-,20-/m1/s1. The van der Waals surface area contributed by atoms with Crippen molar-refractivity contribution in [1.82, 2.24) is 14.9 Å². The molecule has 152 valence electrons. The van der Waals surface area contributed by atoms with Gasteiger partial charge in [-0.1, -0.05) is 36.7 Å². The largest absolute Gasteiger partial charge is 0.481 e. The van der Waals surface area contributed by atoms with E-state index < -0.39 is 23.7 Å². The Morgan fingerprint density at radius 2 is 2.17 bits per heavy atom. The monoisotopic (exact) mass is 415 g/mol. The predicted octanol–water partition coefficient (Wildman–Crippen LogP) is 4.72.